The minimum atomic E-state index is -0.786. The summed E-state index contributed by atoms with van der Waals surface area (Å²) in [5, 5.41) is 5.26. The van der Waals surface area contributed by atoms with Crippen molar-refractivity contribution < 1.29 is 38.1 Å². The van der Waals surface area contributed by atoms with E-state index in [2.05, 4.69) is 5.32 Å². The smallest absolute Gasteiger partial charge is 0.344 e. The SMILES string of the molecule is CCOC(=O)COc1ccc([C@H]2C(C(=O)OCC)=C(C)N[C@H]3S/C(=C\c4ccc(OCC)c5ccccc45)C(=O)N23)cc1OC. The number of allylic oxidation sites excluding steroid dienone is 1. The molecule has 1 N–H and O–H groups in total. The minimum absolute atomic E-state index is 0.175. The molecule has 2 atom stereocenters. The van der Waals surface area contributed by atoms with Gasteiger partial charge in [0.1, 0.15) is 5.75 Å². The largest absolute Gasteiger partial charge is 0.493 e. The molecule has 0 radical (unpaired) electrons. The van der Waals surface area contributed by atoms with E-state index in [4.69, 9.17) is 23.7 Å². The van der Waals surface area contributed by atoms with Crippen LogP contribution >= 0.6 is 11.8 Å². The van der Waals surface area contributed by atoms with Crippen molar-refractivity contribution in [3.8, 4) is 17.2 Å². The molecule has 10 nitrogen and oxygen atoms in total. The maximum Gasteiger partial charge on any atom is 0.344 e. The molecule has 0 bridgehead atoms. The normalized spacial score (nSPS) is 18.5. The number of thioether (sulfide) groups is 1. The van der Waals surface area contributed by atoms with Crippen LogP contribution < -0.4 is 19.5 Å². The highest BCUT2D eigenvalue weighted by Gasteiger charge is 2.48. The molecule has 0 aliphatic carbocycles. The number of methoxy groups -OCH3 is 1. The summed E-state index contributed by atoms with van der Waals surface area (Å²) in [6.07, 6.45) is 1.88. The lowest BCUT2D eigenvalue weighted by Crippen LogP contribution is -2.50. The molecule has 0 unspecified atom stereocenters. The van der Waals surface area contributed by atoms with Crippen molar-refractivity contribution in [2.75, 3.05) is 33.5 Å². The molecule has 236 valence electrons. The predicted octanol–water partition coefficient (Wildman–Crippen LogP) is 5.57. The zero-order valence-electron chi connectivity index (χ0n) is 25.9. The first kappa shape index (κ1) is 31.8. The number of ether oxygens (including phenoxy) is 5. The van der Waals surface area contributed by atoms with E-state index < -0.39 is 23.5 Å². The molecular formula is C34H36N2O8S. The van der Waals surface area contributed by atoms with E-state index in [0.717, 1.165) is 22.1 Å². The number of carbonyl (C=O) groups is 3. The van der Waals surface area contributed by atoms with E-state index >= 15 is 0 Å². The second-order valence-corrected chi connectivity index (χ2v) is 11.3. The number of rotatable bonds is 11. The van der Waals surface area contributed by atoms with Crippen LogP contribution in [0.5, 0.6) is 17.2 Å². The highest BCUT2D eigenvalue weighted by atomic mass is 32.2. The van der Waals surface area contributed by atoms with Gasteiger partial charge in [-0.1, -0.05) is 48.2 Å². The van der Waals surface area contributed by atoms with Crippen molar-refractivity contribution in [2.24, 2.45) is 0 Å². The Morgan fingerprint density at radius 1 is 0.911 bits per heavy atom. The molecule has 2 heterocycles. The van der Waals surface area contributed by atoms with E-state index in [1.54, 1.807) is 43.9 Å². The number of esters is 2. The van der Waals surface area contributed by atoms with Gasteiger partial charge in [0.25, 0.3) is 5.91 Å². The van der Waals surface area contributed by atoms with Gasteiger partial charge in [0.05, 0.1) is 43.5 Å². The second-order valence-electron chi connectivity index (χ2n) is 10.1. The van der Waals surface area contributed by atoms with Gasteiger partial charge >= 0.3 is 11.9 Å². The number of amides is 1. The molecule has 0 saturated carbocycles. The summed E-state index contributed by atoms with van der Waals surface area (Å²) in [4.78, 5) is 41.6. The van der Waals surface area contributed by atoms with Crippen LogP contribution in [0.25, 0.3) is 16.8 Å². The zero-order chi connectivity index (χ0) is 32.1. The Morgan fingerprint density at radius 3 is 2.36 bits per heavy atom. The molecule has 0 spiro atoms. The lowest BCUT2D eigenvalue weighted by Gasteiger charge is -2.39. The van der Waals surface area contributed by atoms with Crippen molar-refractivity contribution in [2.45, 2.75) is 39.2 Å². The average molecular weight is 633 g/mol. The molecule has 11 heteroatoms. The first-order valence-electron chi connectivity index (χ1n) is 14.8. The van der Waals surface area contributed by atoms with Crippen LogP contribution in [0.2, 0.25) is 0 Å². The van der Waals surface area contributed by atoms with Gasteiger partial charge in [0, 0.05) is 11.1 Å². The fourth-order valence-electron chi connectivity index (χ4n) is 5.47. The summed E-state index contributed by atoms with van der Waals surface area (Å²) in [7, 11) is 1.48. The molecule has 3 aromatic rings. The van der Waals surface area contributed by atoms with Gasteiger partial charge < -0.3 is 29.0 Å². The minimum Gasteiger partial charge on any atom is -0.493 e. The highest BCUT2D eigenvalue weighted by Crippen LogP contribution is 2.48. The maximum atomic E-state index is 14.2. The fraction of sp³-hybridized carbons (Fsp3) is 0.324. The van der Waals surface area contributed by atoms with Crippen LogP contribution in [0.15, 0.2) is 70.8 Å². The van der Waals surface area contributed by atoms with Gasteiger partial charge in [-0.05, 0) is 68.5 Å². The summed E-state index contributed by atoms with van der Waals surface area (Å²) >= 11 is 1.38. The quantitative estimate of drug-likeness (QED) is 0.213. The Kier molecular flexibility index (Phi) is 9.87. The molecule has 0 aromatic heterocycles. The molecule has 3 aromatic carbocycles. The van der Waals surface area contributed by atoms with Gasteiger partial charge in [0.15, 0.2) is 23.6 Å². The Bertz CT molecular complexity index is 1680. The molecule has 5 rings (SSSR count). The number of hydrogen-bond donors (Lipinski definition) is 1. The van der Waals surface area contributed by atoms with Crippen LogP contribution in [-0.2, 0) is 23.9 Å². The lowest BCUT2D eigenvalue weighted by atomic mass is 9.93. The van der Waals surface area contributed by atoms with Gasteiger partial charge in [-0.3, -0.25) is 9.69 Å². The number of benzene rings is 3. The standard InChI is InChI=1S/C34H36N2O8S/c1-6-41-25-15-13-21(23-11-9-10-12-24(23)25)18-28-32(38)36-31(30(33(39)43-8-3)20(4)35-34(36)45-28)22-14-16-26(27(17-22)40-5)44-19-29(37)42-7-2/h9-18,31,34-35H,6-8,19H2,1-5H3/b28-18-/t31-,34+/m0/s1. The predicted molar refractivity (Wildman–Crippen MR) is 172 cm³/mol. The topological polar surface area (TPSA) is 113 Å². The third kappa shape index (κ3) is 6.44. The molecule has 1 saturated heterocycles. The number of nitrogens with one attached hydrogen (secondary N) is 1. The van der Waals surface area contributed by atoms with Gasteiger partial charge in [-0.25, -0.2) is 9.59 Å². The number of carbonyl (C=O) groups excluding carboxylic acids is 3. The number of fused-ring (bicyclic) bond motifs is 2. The van der Waals surface area contributed by atoms with Crippen LogP contribution in [0.1, 0.15) is 44.9 Å². The molecular weight excluding hydrogens is 596 g/mol. The summed E-state index contributed by atoms with van der Waals surface area (Å²) in [5.41, 5.74) is 1.94. The zero-order valence-corrected chi connectivity index (χ0v) is 26.7. The monoisotopic (exact) mass is 632 g/mol. The van der Waals surface area contributed by atoms with Crippen molar-refractivity contribution in [3.63, 3.8) is 0 Å². The van der Waals surface area contributed by atoms with Crippen molar-refractivity contribution in [1.29, 1.82) is 0 Å². The Balaban J connectivity index is 1.55. The summed E-state index contributed by atoms with van der Waals surface area (Å²) in [6.45, 7) is 7.87. The molecule has 2 aliphatic rings. The van der Waals surface area contributed by atoms with Crippen LogP contribution in [0, 0.1) is 0 Å². The second kappa shape index (κ2) is 14.0. The van der Waals surface area contributed by atoms with Gasteiger partial charge in [-0.2, -0.15) is 0 Å². The lowest BCUT2D eigenvalue weighted by molar-refractivity contribution is -0.145. The first-order chi connectivity index (χ1) is 21.8. The Morgan fingerprint density at radius 2 is 1.64 bits per heavy atom. The fourth-order valence-corrected chi connectivity index (χ4v) is 6.68. The van der Waals surface area contributed by atoms with Crippen molar-refractivity contribution in [3.05, 3.63) is 81.9 Å². The van der Waals surface area contributed by atoms with Crippen LogP contribution in [0.3, 0.4) is 0 Å². The molecule has 2 aliphatic heterocycles. The Labute approximate surface area is 266 Å². The van der Waals surface area contributed by atoms with Crippen molar-refractivity contribution >= 4 is 46.5 Å². The highest BCUT2D eigenvalue weighted by molar-refractivity contribution is 8.05. The molecule has 45 heavy (non-hydrogen) atoms. The Hall–Kier alpha value is -4.64. The summed E-state index contributed by atoms with van der Waals surface area (Å²) < 4.78 is 27.5. The van der Waals surface area contributed by atoms with E-state index in [1.165, 1.54) is 18.9 Å². The summed E-state index contributed by atoms with van der Waals surface area (Å²) in [6, 6.07) is 16.1. The van der Waals surface area contributed by atoms with E-state index in [-0.39, 0.29) is 25.7 Å². The van der Waals surface area contributed by atoms with Gasteiger partial charge in [0.2, 0.25) is 0 Å². The number of nitrogens with zero attached hydrogens (tertiary/aromatic N) is 1. The van der Waals surface area contributed by atoms with Crippen LogP contribution in [-0.4, -0.2) is 61.8 Å². The third-order valence-corrected chi connectivity index (χ3v) is 8.50. The van der Waals surface area contributed by atoms with E-state index in [1.807, 2.05) is 49.4 Å². The third-order valence-electron chi connectivity index (χ3n) is 7.39. The summed E-state index contributed by atoms with van der Waals surface area (Å²) in [5.74, 6) is 0.165. The number of hydrogen-bond acceptors (Lipinski definition) is 10. The molecule has 1 amide bonds. The van der Waals surface area contributed by atoms with E-state index in [0.29, 0.717) is 39.8 Å². The van der Waals surface area contributed by atoms with Gasteiger partial charge in [-0.15, -0.1) is 0 Å². The maximum absolute atomic E-state index is 14.2. The van der Waals surface area contributed by atoms with Crippen LogP contribution in [0.4, 0.5) is 0 Å². The first-order valence-corrected chi connectivity index (χ1v) is 15.6. The average Bonchev–Trinajstić information content (AvgIpc) is 3.34. The molecule has 1 fully saturated rings. The van der Waals surface area contributed by atoms with E-state index in [9.17, 15) is 14.4 Å². The van der Waals surface area contributed by atoms with Crippen molar-refractivity contribution in [1.82, 2.24) is 10.2 Å².